The molecule has 0 saturated heterocycles. The second-order valence-electron chi connectivity index (χ2n) is 4.51. The van der Waals surface area contributed by atoms with E-state index < -0.39 is 42.0 Å². The van der Waals surface area contributed by atoms with E-state index in [1.165, 1.54) is 0 Å². The van der Waals surface area contributed by atoms with Crippen LogP contribution >= 0.6 is 0 Å². The number of hydrogen-bond donors (Lipinski definition) is 6. The maximum atomic E-state index is 11.1. The van der Waals surface area contributed by atoms with Crippen LogP contribution in [0.25, 0.3) is 0 Å². The van der Waals surface area contributed by atoms with E-state index in [4.69, 9.17) is 26.2 Å². The number of nitrogens with one attached hydrogen (secondary N) is 1. The predicted octanol–water partition coefficient (Wildman–Crippen LogP) is -1.11. The third-order valence-electron chi connectivity index (χ3n) is 2.70. The molecule has 0 bridgehead atoms. The molecule has 0 aromatic carbocycles. The van der Waals surface area contributed by atoms with Crippen LogP contribution in [0, 0.1) is 0 Å². The van der Waals surface area contributed by atoms with Crippen LogP contribution in [-0.4, -0.2) is 56.0 Å². The lowest BCUT2D eigenvalue weighted by Gasteiger charge is -2.29. The second-order valence-corrected chi connectivity index (χ2v) is 4.51. The number of hydrogen-bond acceptors (Lipinski definition) is 6. The predicted molar refractivity (Wildman–Crippen MR) is 67.5 cm³/mol. The summed E-state index contributed by atoms with van der Waals surface area (Å²) in [5.74, 6) is -5.56. The van der Waals surface area contributed by atoms with E-state index in [-0.39, 0.29) is 25.7 Å². The van der Waals surface area contributed by atoms with Gasteiger partial charge in [0, 0.05) is 6.42 Å². The average molecular weight is 306 g/mol. The summed E-state index contributed by atoms with van der Waals surface area (Å²) in [4.78, 5) is 42.9. The summed E-state index contributed by atoms with van der Waals surface area (Å²) in [6.45, 7) is 0. The Bertz CT molecular complexity index is 424. The van der Waals surface area contributed by atoms with Gasteiger partial charge < -0.3 is 26.2 Å². The minimum Gasteiger partial charge on any atom is -0.481 e. The first kappa shape index (κ1) is 18.8. The van der Waals surface area contributed by atoms with Crippen LogP contribution in [0.2, 0.25) is 0 Å². The quantitative estimate of drug-likeness (QED) is 0.202. The lowest BCUT2D eigenvalue weighted by atomic mass is 10.00. The molecule has 0 spiro atoms. The van der Waals surface area contributed by atoms with Gasteiger partial charge in [0.15, 0.2) is 5.66 Å². The van der Waals surface area contributed by atoms with E-state index in [0.29, 0.717) is 0 Å². The zero-order valence-corrected chi connectivity index (χ0v) is 11.1. The largest absolute Gasteiger partial charge is 0.481 e. The Morgan fingerprint density at radius 2 is 1.57 bits per heavy atom. The number of carboxylic acid groups (broad SMARTS) is 4. The monoisotopic (exact) mass is 306 g/mol. The molecule has 0 saturated carbocycles. The van der Waals surface area contributed by atoms with Crippen molar-refractivity contribution in [3.63, 3.8) is 0 Å². The summed E-state index contributed by atoms with van der Waals surface area (Å²) in [7, 11) is 0. The fourth-order valence-electron chi connectivity index (χ4n) is 1.61. The van der Waals surface area contributed by atoms with Gasteiger partial charge in [0.1, 0.15) is 6.04 Å². The van der Waals surface area contributed by atoms with Crippen LogP contribution < -0.4 is 11.1 Å². The Kier molecular flexibility index (Phi) is 7.31. The molecule has 0 aromatic rings. The molecule has 0 fully saturated rings. The van der Waals surface area contributed by atoms with Gasteiger partial charge in [0.05, 0.1) is 6.42 Å². The van der Waals surface area contributed by atoms with Crippen molar-refractivity contribution < 1.29 is 39.6 Å². The zero-order chi connectivity index (χ0) is 16.6. The summed E-state index contributed by atoms with van der Waals surface area (Å²) >= 11 is 0. The number of carbonyl (C=O) groups is 4. The first-order chi connectivity index (χ1) is 9.58. The van der Waals surface area contributed by atoms with Crippen LogP contribution in [0.1, 0.15) is 32.1 Å². The van der Waals surface area contributed by atoms with Crippen molar-refractivity contribution in [1.29, 1.82) is 0 Å². The van der Waals surface area contributed by atoms with Crippen molar-refractivity contribution in [3.8, 4) is 0 Å². The van der Waals surface area contributed by atoms with E-state index in [1.807, 2.05) is 0 Å². The molecule has 0 aliphatic rings. The molecule has 21 heavy (non-hydrogen) atoms. The molecular weight excluding hydrogens is 288 g/mol. The lowest BCUT2D eigenvalue weighted by molar-refractivity contribution is -0.151. The molecule has 0 rings (SSSR count). The topological polar surface area (TPSA) is 187 Å². The molecule has 0 heterocycles. The van der Waals surface area contributed by atoms with Gasteiger partial charge in [0.25, 0.3) is 0 Å². The maximum absolute atomic E-state index is 11.1. The van der Waals surface area contributed by atoms with Crippen molar-refractivity contribution in [1.82, 2.24) is 5.32 Å². The smallest absolute Gasteiger partial charge is 0.338 e. The molecule has 0 aliphatic heterocycles. The SMILES string of the molecule is NC(CCCCC(=O)O)(NC(CC(=O)O)C(=O)O)C(=O)O. The van der Waals surface area contributed by atoms with E-state index in [9.17, 15) is 19.2 Å². The van der Waals surface area contributed by atoms with Crippen LogP contribution in [0.5, 0.6) is 0 Å². The summed E-state index contributed by atoms with van der Waals surface area (Å²) < 4.78 is 0. The van der Waals surface area contributed by atoms with Gasteiger partial charge in [-0.1, -0.05) is 0 Å². The van der Waals surface area contributed by atoms with E-state index in [2.05, 4.69) is 5.32 Å². The highest BCUT2D eigenvalue weighted by atomic mass is 16.4. The van der Waals surface area contributed by atoms with Crippen molar-refractivity contribution in [2.45, 2.75) is 43.8 Å². The number of aliphatic carboxylic acids is 4. The Labute approximate surface area is 119 Å². The zero-order valence-electron chi connectivity index (χ0n) is 11.1. The van der Waals surface area contributed by atoms with E-state index >= 15 is 0 Å². The Morgan fingerprint density at radius 3 is 1.95 bits per heavy atom. The summed E-state index contributed by atoms with van der Waals surface area (Å²) in [5, 5.41) is 37.1. The molecule has 120 valence electrons. The van der Waals surface area contributed by atoms with Crippen LogP contribution in [0.4, 0.5) is 0 Å². The van der Waals surface area contributed by atoms with Crippen molar-refractivity contribution >= 4 is 23.9 Å². The minimum atomic E-state index is -2.14. The standard InChI is InChI=1S/C11H18N2O8/c12-11(10(20)21,4-2-1-3-7(14)15)13-6(9(18)19)5-8(16)17/h6,13H,1-5,12H2,(H,14,15)(H,16,17)(H,18,19)(H,20,21). The van der Waals surface area contributed by atoms with Crippen molar-refractivity contribution in [3.05, 3.63) is 0 Å². The third-order valence-corrected chi connectivity index (χ3v) is 2.70. The Hall–Kier alpha value is -2.20. The van der Waals surface area contributed by atoms with Crippen molar-refractivity contribution in [2.75, 3.05) is 0 Å². The molecule has 2 atom stereocenters. The number of unbranched alkanes of at least 4 members (excludes halogenated alkanes) is 1. The third kappa shape index (κ3) is 7.22. The molecule has 0 aliphatic carbocycles. The second kappa shape index (κ2) is 8.17. The maximum Gasteiger partial charge on any atom is 0.338 e. The van der Waals surface area contributed by atoms with Crippen LogP contribution in [-0.2, 0) is 19.2 Å². The number of carboxylic acids is 4. The average Bonchev–Trinajstić information content (AvgIpc) is 2.32. The summed E-state index contributed by atoms with van der Waals surface area (Å²) in [6, 6.07) is -1.66. The molecule has 2 unspecified atom stereocenters. The Balaban J connectivity index is 4.76. The van der Waals surface area contributed by atoms with Crippen LogP contribution in [0.15, 0.2) is 0 Å². The van der Waals surface area contributed by atoms with Gasteiger partial charge >= 0.3 is 23.9 Å². The molecule has 7 N–H and O–H groups in total. The normalized spacial score (nSPS) is 14.9. The van der Waals surface area contributed by atoms with Gasteiger partial charge in [-0.2, -0.15) is 0 Å². The van der Waals surface area contributed by atoms with Gasteiger partial charge in [0.2, 0.25) is 0 Å². The fourth-order valence-corrected chi connectivity index (χ4v) is 1.61. The first-order valence-corrected chi connectivity index (χ1v) is 6.05. The molecule has 0 amide bonds. The highest BCUT2D eigenvalue weighted by molar-refractivity contribution is 5.83. The van der Waals surface area contributed by atoms with Gasteiger partial charge in [-0.25, -0.2) is 4.79 Å². The fraction of sp³-hybridized carbons (Fsp3) is 0.636. The van der Waals surface area contributed by atoms with Gasteiger partial charge in [-0.3, -0.25) is 19.7 Å². The Morgan fingerprint density at radius 1 is 1.00 bits per heavy atom. The summed E-state index contributed by atoms with van der Waals surface area (Å²) in [5.41, 5.74) is 3.42. The number of nitrogens with two attached hydrogens (primary N) is 1. The molecule has 0 radical (unpaired) electrons. The van der Waals surface area contributed by atoms with Crippen molar-refractivity contribution in [2.24, 2.45) is 5.73 Å². The minimum absolute atomic E-state index is 0.126. The van der Waals surface area contributed by atoms with Gasteiger partial charge in [-0.05, 0) is 19.3 Å². The molecule has 10 heteroatoms. The molecular formula is C11H18N2O8. The first-order valence-electron chi connectivity index (χ1n) is 6.05. The van der Waals surface area contributed by atoms with E-state index in [1.54, 1.807) is 0 Å². The van der Waals surface area contributed by atoms with Gasteiger partial charge in [-0.15, -0.1) is 0 Å². The lowest BCUT2D eigenvalue weighted by Crippen LogP contribution is -2.64. The summed E-state index contributed by atoms with van der Waals surface area (Å²) in [6.07, 6.45) is -0.954. The highest BCUT2D eigenvalue weighted by Crippen LogP contribution is 2.13. The van der Waals surface area contributed by atoms with Crippen LogP contribution in [0.3, 0.4) is 0 Å². The molecule has 10 nitrogen and oxygen atoms in total. The highest BCUT2D eigenvalue weighted by Gasteiger charge is 2.38. The number of rotatable bonds is 11. The van der Waals surface area contributed by atoms with E-state index in [0.717, 1.165) is 0 Å². The molecule has 0 aromatic heterocycles.